The summed E-state index contributed by atoms with van der Waals surface area (Å²) in [5.41, 5.74) is 1.05. The number of rotatable bonds is 5. The normalized spacial score (nSPS) is 18.3. The van der Waals surface area contributed by atoms with Gasteiger partial charge in [-0.3, -0.25) is 9.88 Å². The van der Waals surface area contributed by atoms with E-state index in [2.05, 4.69) is 20.2 Å². The number of carbonyl (C=O) groups excluding carboxylic acids is 1. The molecule has 0 aromatic carbocycles. The van der Waals surface area contributed by atoms with Crippen LogP contribution in [0.1, 0.15) is 24.6 Å². The van der Waals surface area contributed by atoms with Crippen LogP contribution in [0.25, 0.3) is 10.6 Å². The van der Waals surface area contributed by atoms with Crippen LogP contribution in [0, 0.1) is 0 Å². The van der Waals surface area contributed by atoms with Crippen LogP contribution >= 0.6 is 11.3 Å². The summed E-state index contributed by atoms with van der Waals surface area (Å²) in [4.78, 5) is 23.8. The lowest BCUT2D eigenvalue weighted by Crippen LogP contribution is -2.47. The molecule has 0 saturated carbocycles. The predicted molar refractivity (Wildman–Crippen MR) is 93.8 cm³/mol. The second kappa shape index (κ2) is 8.21. The van der Waals surface area contributed by atoms with Gasteiger partial charge in [-0.15, -0.1) is 11.3 Å². The molecule has 1 atom stereocenters. The number of piperidine rings is 1. The zero-order valence-electron chi connectivity index (χ0n) is 13.8. The highest BCUT2D eigenvalue weighted by molar-refractivity contribution is 7.15. The van der Waals surface area contributed by atoms with Gasteiger partial charge in [0.25, 0.3) is 0 Å². The number of ether oxygens (including phenoxy) is 1. The molecule has 128 valence electrons. The van der Waals surface area contributed by atoms with E-state index in [-0.39, 0.29) is 12.1 Å². The minimum absolute atomic E-state index is 0.156. The topological polar surface area (TPSA) is 67.3 Å². The predicted octanol–water partition coefficient (Wildman–Crippen LogP) is 2.92. The maximum Gasteiger partial charge on any atom is 0.407 e. The van der Waals surface area contributed by atoms with Crippen LogP contribution in [0.2, 0.25) is 0 Å². The van der Waals surface area contributed by atoms with Crippen molar-refractivity contribution in [1.82, 2.24) is 20.2 Å². The van der Waals surface area contributed by atoms with E-state index >= 15 is 0 Å². The maximum atomic E-state index is 11.6. The third-order valence-electron chi connectivity index (χ3n) is 3.94. The highest BCUT2D eigenvalue weighted by atomic mass is 32.1. The van der Waals surface area contributed by atoms with Crippen molar-refractivity contribution in [3.63, 3.8) is 0 Å². The molecule has 1 saturated heterocycles. The first kappa shape index (κ1) is 16.9. The first-order valence-corrected chi connectivity index (χ1v) is 9.07. The molecule has 0 aliphatic carbocycles. The number of nitrogens with zero attached hydrogens (tertiary/aromatic N) is 3. The van der Waals surface area contributed by atoms with Crippen molar-refractivity contribution in [2.45, 2.75) is 32.4 Å². The molecule has 1 unspecified atom stereocenters. The molecule has 0 radical (unpaired) electrons. The number of alkyl carbamates (subject to hydrolysis) is 1. The van der Waals surface area contributed by atoms with Crippen molar-refractivity contribution in [3.8, 4) is 10.6 Å². The number of hydrogen-bond donors (Lipinski definition) is 1. The summed E-state index contributed by atoms with van der Waals surface area (Å²) >= 11 is 1.70. The Balaban J connectivity index is 1.56. The number of thiazole rings is 1. The van der Waals surface area contributed by atoms with E-state index in [1.54, 1.807) is 17.5 Å². The molecule has 1 N–H and O–H groups in total. The number of nitrogens with one attached hydrogen (secondary N) is 1. The Labute approximate surface area is 145 Å². The molecular formula is C17H22N4O2S. The lowest BCUT2D eigenvalue weighted by Gasteiger charge is -2.32. The van der Waals surface area contributed by atoms with E-state index in [0.29, 0.717) is 6.61 Å². The van der Waals surface area contributed by atoms with Crippen LogP contribution in [0.3, 0.4) is 0 Å². The van der Waals surface area contributed by atoms with Gasteiger partial charge in [0, 0.05) is 48.2 Å². The lowest BCUT2D eigenvalue weighted by atomic mass is 10.1. The highest BCUT2D eigenvalue weighted by Crippen LogP contribution is 2.26. The number of hydrogen-bond acceptors (Lipinski definition) is 6. The van der Waals surface area contributed by atoms with Gasteiger partial charge < -0.3 is 10.1 Å². The molecule has 24 heavy (non-hydrogen) atoms. The van der Waals surface area contributed by atoms with E-state index < -0.39 is 0 Å². The van der Waals surface area contributed by atoms with Crippen LogP contribution in [-0.2, 0) is 11.3 Å². The summed E-state index contributed by atoms with van der Waals surface area (Å²) in [6.45, 7) is 4.97. The number of amides is 1. The fraction of sp³-hybridized carbons (Fsp3) is 0.471. The number of carbonyl (C=O) groups is 1. The minimum Gasteiger partial charge on any atom is -0.450 e. The second-order valence-electron chi connectivity index (χ2n) is 5.81. The van der Waals surface area contributed by atoms with Crippen LogP contribution in [0.15, 0.2) is 30.7 Å². The van der Waals surface area contributed by atoms with Gasteiger partial charge in [-0.25, -0.2) is 9.78 Å². The van der Waals surface area contributed by atoms with Crippen molar-refractivity contribution < 1.29 is 9.53 Å². The van der Waals surface area contributed by atoms with Gasteiger partial charge in [-0.05, 0) is 38.4 Å². The van der Waals surface area contributed by atoms with Gasteiger partial charge >= 0.3 is 6.09 Å². The quantitative estimate of drug-likeness (QED) is 0.902. The molecule has 1 fully saturated rings. The van der Waals surface area contributed by atoms with Crippen molar-refractivity contribution >= 4 is 17.4 Å². The van der Waals surface area contributed by atoms with Crippen molar-refractivity contribution in [1.29, 1.82) is 0 Å². The third kappa shape index (κ3) is 4.52. The average Bonchev–Trinajstić information content (AvgIpc) is 3.05. The molecule has 2 aromatic rings. The zero-order valence-corrected chi connectivity index (χ0v) is 14.6. The SMILES string of the molecule is CCOC(=O)NC1CCCN(Cc2cnc(-c3cccnc3)s2)C1. The number of aromatic nitrogens is 2. The smallest absolute Gasteiger partial charge is 0.407 e. The summed E-state index contributed by atoms with van der Waals surface area (Å²) in [5.74, 6) is 0. The van der Waals surface area contributed by atoms with Crippen molar-refractivity contribution in [2.75, 3.05) is 19.7 Å². The molecule has 1 aliphatic heterocycles. The summed E-state index contributed by atoms with van der Waals surface area (Å²) in [7, 11) is 0. The first-order chi connectivity index (χ1) is 11.7. The lowest BCUT2D eigenvalue weighted by molar-refractivity contribution is 0.133. The second-order valence-corrected chi connectivity index (χ2v) is 6.93. The highest BCUT2D eigenvalue weighted by Gasteiger charge is 2.22. The van der Waals surface area contributed by atoms with E-state index in [1.807, 2.05) is 31.5 Å². The Morgan fingerprint density at radius 1 is 1.50 bits per heavy atom. The standard InChI is InChI=1S/C17H22N4O2S/c1-2-23-17(22)20-14-6-4-8-21(11-14)12-15-10-19-16(24-15)13-5-3-7-18-9-13/h3,5,7,9-10,14H,2,4,6,8,11-12H2,1H3,(H,20,22). The van der Waals surface area contributed by atoms with Crippen LogP contribution in [0.4, 0.5) is 4.79 Å². The van der Waals surface area contributed by atoms with Gasteiger partial charge in [0.1, 0.15) is 5.01 Å². The molecule has 3 heterocycles. The molecule has 6 nitrogen and oxygen atoms in total. The summed E-state index contributed by atoms with van der Waals surface area (Å²) in [6.07, 6.45) is 7.30. The Hall–Kier alpha value is -1.99. The molecule has 3 rings (SSSR count). The molecule has 7 heteroatoms. The average molecular weight is 346 g/mol. The third-order valence-corrected chi connectivity index (χ3v) is 4.98. The summed E-state index contributed by atoms with van der Waals surface area (Å²) in [6, 6.07) is 4.10. The van der Waals surface area contributed by atoms with Gasteiger partial charge in [0.05, 0.1) is 6.61 Å². The minimum atomic E-state index is -0.319. The van der Waals surface area contributed by atoms with Crippen LogP contribution < -0.4 is 5.32 Å². The molecule has 0 spiro atoms. The summed E-state index contributed by atoms with van der Waals surface area (Å²) < 4.78 is 4.97. The Kier molecular flexibility index (Phi) is 5.77. The van der Waals surface area contributed by atoms with E-state index in [1.165, 1.54) is 4.88 Å². The van der Waals surface area contributed by atoms with Crippen LogP contribution in [0.5, 0.6) is 0 Å². The largest absolute Gasteiger partial charge is 0.450 e. The monoisotopic (exact) mass is 346 g/mol. The molecule has 2 aromatic heterocycles. The van der Waals surface area contributed by atoms with Crippen LogP contribution in [-0.4, -0.2) is 46.7 Å². The Bertz CT molecular complexity index is 662. The van der Waals surface area contributed by atoms with Gasteiger partial charge in [0.15, 0.2) is 0 Å². The molecular weight excluding hydrogens is 324 g/mol. The van der Waals surface area contributed by atoms with Gasteiger partial charge in [0.2, 0.25) is 0 Å². The van der Waals surface area contributed by atoms with E-state index in [4.69, 9.17) is 4.74 Å². The molecule has 1 amide bonds. The maximum absolute atomic E-state index is 11.6. The van der Waals surface area contributed by atoms with E-state index in [0.717, 1.165) is 43.0 Å². The molecule has 0 bridgehead atoms. The number of likely N-dealkylation sites (tertiary alicyclic amines) is 1. The van der Waals surface area contributed by atoms with Gasteiger partial charge in [-0.2, -0.15) is 0 Å². The van der Waals surface area contributed by atoms with Crippen molar-refractivity contribution in [3.05, 3.63) is 35.6 Å². The fourth-order valence-corrected chi connectivity index (χ4v) is 3.82. The first-order valence-electron chi connectivity index (χ1n) is 8.25. The fourth-order valence-electron chi connectivity index (χ4n) is 2.88. The summed E-state index contributed by atoms with van der Waals surface area (Å²) in [5, 5.41) is 3.94. The number of pyridine rings is 1. The Morgan fingerprint density at radius 3 is 3.21 bits per heavy atom. The van der Waals surface area contributed by atoms with Gasteiger partial charge in [-0.1, -0.05) is 0 Å². The van der Waals surface area contributed by atoms with E-state index in [9.17, 15) is 4.79 Å². The Morgan fingerprint density at radius 2 is 2.42 bits per heavy atom. The zero-order chi connectivity index (χ0) is 16.8. The molecule has 1 aliphatic rings. The van der Waals surface area contributed by atoms with Crippen molar-refractivity contribution in [2.24, 2.45) is 0 Å².